The van der Waals surface area contributed by atoms with Gasteiger partial charge in [-0.3, -0.25) is 24.7 Å². The van der Waals surface area contributed by atoms with Gasteiger partial charge < -0.3 is 85.9 Å². The number of phenols is 4. The first-order valence-corrected chi connectivity index (χ1v) is 43.9. The topological polar surface area (TPSA) is 372 Å². The van der Waals surface area contributed by atoms with Crippen LogP contribution in [0.4, 0.5) is 17.1 Å². The molecule has 0 amide bonds. The molecule has 698 valence electrons. The van der Waals surface area contributed by atoms with Crippen LogP contribution in [-0.4, -0.2) is 155 Å². The smallest absolute Gasteiger partial charge is 0.245 e. The number of ether oxygens (including phenoxy) is 10. The molecule has 5 heterocycles. The number of pyridine rings is 5. The van der Waals surface area contributed by atoms with E-state index in [-0.39, 0.29) is 103 Å². The summed E-state index contributed by atoms with van der Waals surface area (Å²) in [7, 11) is 6.53. The van der Waals surface area contributed by atoms with E-state index in [9.17, 15) is 45.7 Å². The number of nitrogens with zero attached hydrogens (tertiary/aromatic N) is 6. The van der Waals surface area contributed by atoms with Crippen molar-refractivity contribution in [1.82, 2.24) is 19.9 Å². The van der Waals surface area contributed by atoms with Crippen molar-refractivity contribution >= 4 is 163 Å². The molecule has 131 heavy (non-hydrogen) atoms. The summed E-state index contributed by atoms with van der Waals surface area (Å²) >= 11 is 0. The number of aromatic nitrogens is 5. The van der Waals surface area contributed by atoms with Gasteiger partial charge in [0.1, 0.15) is 7.05 Å². The first-order chi connectivity index (χ1) is 59.4. The molecular formula is C94H102Cl6N8O20S3. The molecule has 5 aromatic heterocycles. The molecule has 0 saturated heterocycles. The highest BCUT2D eigenvalue weighted by atomic mass is 35.5. The Morgan fingerprint density at radius 3 is 0.931 bits per heavy atom. The van der Waals surface area contributed by atoms with Crippen molar-refractivity contribution in [2.45, 2.75) is 34.6 Å². The average Bonchev–Trinajstić information content (AvgIpc) is 0.775. The Labute approximate surface area is 798 Å². The Morgan fingerprint density at radius 1 is 0.328 bits per heavy atom. The Hall–Kier alpha value is -12.6. The summed E-state index contributed by atoms with van der Waals surface area (Å²) in [6, 6.07) is 59.4. The third kappa shape index (κ3) is 25.4. The molecule has 0 bridgehead atoms. The number of nitrogens with two attached hydrogens (primary N) is 1. The van der Waals surface area contributed by atoms with Gasteiger partial charge in [-0.1, -0.05) is 36.4 Å². The second kappa shape index (κ2) is 46.3. The van der Waals surface area contributed by atoms with E-state index >= 15 is 0 Å². The van der Waals surface area contributed by atoms with E-state index in [0.29, 0.717) is 83.8 Å². The lowest BCUT2D eigenvalue weighted by atomic mass is 10.0. The highest BCUT2D eigenvalue weighted by molar-refractivity contribution is 8.09. The monoisotopic (exact) mass is 1970 g/mol. The van der Waals surface area contributed by atoms with E-state index in [1.165, 1.54) is 30.3 Å². The number of fused-ring (bicyclic) bond motifs is 5. The van der Waals surface area contributed by atoms with Crippen LogP contribution in [0.1, 0.15) is 28.5 Å². The van der Waals surface area contributed by atoms with Crippen molar-refractivity contribution in [2.24, 2.45) is 7.05 Å². The number of sulfonamides is 3. The lowest BCUT2D eigenvalue weighted by Gasteiger charge is -2.20. The third-order valence-electron chi connectivity index (χ3n) is 20.3. The molecular weight excluding hydrogens is 1870 g/mol. The number of nitrogens with one attached hydrogen (secondary N) is 1. The number of aromatic hydroxyl groups is 4. The van der Waals surface area contributed by atoms with Crippen molar-refractivity contribution < 1.29 is 110 Å². The zero-order valence-electron chi connectivity index (χ0n) is 74.8. The number of anilines is 3. The quantitative estimate of drug-likeness (QED) is 0.0234. The molecule has 15 aromatic rings. The van der Waals surface area contributed by atoms with E-state index in [0.717, 1.165) is 146 Å². The summed E-state index contributed by atoms with van der Waals surface area (Å²) in [6.45, 7) is 9.71. The van der Waals surface area contributed by atoms with Gasteiger partial charge in [0.2, 0.25) is 35.8 Å². The minimum Gasteiger partial charge on any atom is -1.00 e. The second-order valence-corrected chi connectivity index (χ2v) is 34.5. The molecule has 28 nitrogen and oxygen atoms in total. The molecule has 0 aliphatic carbocycles. The summed E-state index contributed by atoms with van der Waals surface area (Å²) < 4.78 is 130. The molecule has 0 spiro atoms. The largest absolute Gasteiger partial charge is 1.00 e. The van der Waals surface area contributed by atoms with Gasteiger partial charge in [-0.25, -0.2) is 25.3 Å². The minimum atomic E-state index is -4.04. The lowest BCUT2D eigenvalue weighted by Crippen LogP contribution is -3.00. The number of hydrogen-bond acceptors (Lipinski definition) is 25. The molecule has 0 atom stereocenters. The fourth-order valence-corrected chi connectivity index (χ4v) is 17.7. The van der Waals surface area contributed by atoms with Crippen molar-refractivity contribution in [2.75, 3.05) is 104 Å². The molecule has 0 radical (unpaired) electrons. The van der Waals surface area contributed by atoms with E-state index in [1.54, 1.807) is 120 Å². The van der Waals surface area contributed by atoms with Crippen LogP contribution in [0.25, 0.3) is 110 Å². The zero-order valence-corrected chi connectivity index (χ0v) is 82.1. The second-order valence-electron chi connectivity index (χ2n) is 28.8. The van der Waals surface area contributed by atoms with Crippen molar-refractivity contribution in [3.05, 3.63) is 229 Å². The van der Waals surface area contributed by atoms with E-state index in [2.05, 4.69) is 19.7 Å². The van der Waals surface area contributed by atoms with E-state index < -0.39 is 30.1 Å². The van der Waals surface area contributed by atoms with Gasteiger partial charge in [0.05, 0.1) is 129 Å². The molecule has 0 saturated carbocycles. The van der Waals surface area contributed by atoms with Gasteiger partial charge in [0.15, 0.2) is 86.2 Å². The van der Waals surface area contributed by atoms with Crippen molar-refractivity contribution in [3.8, 4) is 137 Å². The maximum Gasteiger partial charge on any atom is 0.245 e. The molecule has 7 N–H and O–H groups in total. The Kier molecular flexibility index (Phi) is 38.5. The SMILES string of the molecule is COc1cc2cc(-c3ccc(O)c(O)c3)[n+](C)c(C)c2cc1OC.COc1cc2cc(-c3ccc(O)c(O)c3)nc(C)c2cc1OC.COc1cc2cc(-c3cccc(N(S(C)(=O)=O)S(C)(=O)=O)c3)nc(C)c2cc1OC.COc1cc2cc(-c3cccc(N)c3)nc(C)c2cc1OC.COc1cc2cc(-c3cccc(NS(C)(=O)=O)c3)nc(C)c2cc1OC.Cl.Cl.Cl.Cl.Cl.[Cl-]. The van der Waals surface area contributed by atoms with Crippen LogP contribution >= 0.6 is 62.0 Å². The number of phenolic OH excluding ortho intramolecular Hbond substituents is 4. The Bertz CT molecular complexity index is 7000. The summed E-state index contributed by atoms with van der Waals surface area (Å²) in [5, 5.41) is 48.2. The minimum absolute atomic E-state index is 0. The first kappa shape index (κ1) is 109. The predicted octanol–water partition coefficient (Wildman–Crippen LogP) is 16.2. The van der Waals surface area contributed by atoms with Crippen molar-refractivity contribution in [3.63, 3.8) is 0 Å². The van der Waals surface area contributed by atoms with Crippen LogP contribution in [0.5, 0.6) is 80.5 Å². The first-order valence-electron chi connectivity index (χ1n) is 38.4. The molecule has 0 fully saturated rings. The van der Waals surface area contributed by atoms with Gasteiger partial charge in [-0.2, -0.15) is 8.28 Å². The fraction of sp³-hybridized carbons (Fsp3) is 0.202. The van der Waals surface area contributed by atoms with Crippen LogP contribution < -0.4 is 78.5 Å². The van der Waals surface area contributed by atoms with Crippen LogP contribution in [0.2, 0.25) is 0 Å². The lowest BCUT2D eigenvalue weighted by molar-refractivity contribution is -0.665. The van der Waals surface area contributed by atoms with Gasteiger partial charge in [-0.05, 0) is 212 Å². The van der Waals surface area contributed by atoms with Gasteiger partial charge in [-0.15, -0.1) is 62.0 Å². The Morgan fingerprint density at radius 2 is 0.611 bits per heavy atom. The molecule has 15 rings (SSSR count). The summed E-state index contributed by atoms with van der Waals surface area (Å²) in [4.78, 5) is 18.6. The molecule has 0 unspecified atom stereocenters. The normalized spacial score (nSPS) is 10.7. The maximum absolute atomic E-state index is 12.1. The summed E-state index contributed by atoms with van der Waals surface area (Å²) in [5.74, 6) is 5.90. The zero-order chi connectivity index (χ0) is 90.8. The van der Waals surface area contributed by atoms with Crippen LogP contribution in [-0.2, 0) is 37.1 Å². The predicted molar refractivity (Wildman–Crippen MR) is 526 cm³/mol. The number of hydrogen-bond donors (Lipinski definition) is 6. The van der Waals surface area contributed by atoms with Gasteiger partial charge in [0.25, 0.3) is 0 Å². The molecule has 0 aliphatic rings. The number of rotatable bonds is 20. The average molecular weight is 1970 g/mol. The highest BCUT2D eigenvalue weighted by Crippen LogP contribution is 2.43. The maximum atomic E-state index is 12.1. The molecule has 37 heteroatoms. The van der Waals surface area contributed by atoms with Crippen molar-refractivity contribution in [1.29, 1.82) is 0 Å². The van der Waals surface area contributed by atoms with E-state index in [1.807, 2.05) is 168 Å². The van der Waals surface area contributed by atoms with Crippen LogP contribution in [0, 0.1) is 34.6 Å². The number of aryl methyl sites for hydroxylation is 5. The Balaban J connectivity index is 0.000000288. The number of benzene rings is 10. The van der Waals surface area contributed by atoms with Gasteiger partial charge >= 0.3 is 0 Å². The summed E-state index contributed by atoms with van der Waals surface area (Å²) in [5.41, 5.74) is 19.3. The third-order valence-corrected chi connectivity index (χ3v) is 24.2. The highest BCUT2D eigenvalue weighted by Gasteiger charge is 2.29. The summed E-state index contributed by atoms with van der Waals surface area (Å²) in [6.07, 6.45) is 2.81. The van der Waals surface area contributed by atoms with Crippen LogP contribution in [0.3, 0.4) is 0 Å². The number of nitrogen functional groups attached to an aromatic ring is 1. The number of methoxy groups -OCH3 is 10. The fourth-order valence-electron chi connectivity index (χ4n) is 14.2. The molecule has 10 aromatic carbocycles. The standard InChI is InChI=1S/C20H22N2O6S2.C19H20N2O4S.C19H19NO4.C18H18N2O2.C18H17NO4.6ClH/c1-13-17-12-20(28-3)19(27-2)11-15(17)10-18(21-13)14-7-6-8-16(9-14)22(29(4,23)24)30(5,25)26;1-12-16-11-19(25-3)18(24-2)10-14(16)9-17(20-12)13-6-5-7-15(8-13)21-26(4,22)23;1-11-14-10-19(24-4)18(23-3)9-13(14)7-15(20(11)2)12-5-6-16(21)17(22)8-12;1-11-15-10-18(22-3)17(21-2)9-13(15)8-16(20-11)12-5-4-6-14(19)7-12;1-10-13-9-18(23-3)17(22-2)8-12(13)6-14(19-10)11-4-5-15(20)16(21)7-11;;;;;;/h6-12H,1-5H3;5-11,21H,1-4H3;5-10,22H,1-4H3;4-10H,19H2,1-3H3;4-9,20-21H,1-3H3;6*1H. The van der Waals surface area contributed by atoms with Gasteiger partial charge in [0, 0.05) is 90.9 Å². The number of halogens is 6. The van der Waals surface area contributed by atoms with E-state index in [4.69, 9.17) is 58.1 Å². The molecule has 0 aliphatic heterocycles. The van der Waals surface area contributed by atoms with Crippen LogP contribution in [0.15, 0.2) is 200 Å².